The summed E-state index contributed by atoms with van der Waals surface area (Å²) in [5.74, 6) is 0. The van der Waals surface area contributed by atoms with Crippen LogP contribution in [0.15, 0.2) is 28.9 Å². The van der Waals surface area contributed by atoms with Crippen molar-refractivity contribution < 1.29 is 9.84 Å². The Kier molecular flexibility index (Phi) is 5.07. The summed E-state index contributed by atoms with van der Waals surface area (Å²) in [4.78, 5) is 0. The SMILES string of the molecule is C[Si](C)(C)CCOCn1ccc2c(CO)cc(Br)cc21. The zero-order chi connectivity index (χ0) is 14.8. The number of rotatable bonds is 6. The number of aromatic nitrogens is 1. The highest BCUT2D eigenvalue weighted by molar-refractivity contribution is 9.10. The van der Waals surface area contributed by atoms with Gasteiger partial charge in [0.05, 0.1) is 12.1 Å². The van der Waals surface area contributed by atoms with Crippen LogP contribution in [0.3, 0.4) is 0 Å². The number of fused-ring (bicyclic) bond motifs is 1. The number of aliphatic hydroxyl groups is 1. The van der Waals surface area contributed by atoms with Crippen LogP contribution in [0.1, 0.15) is 5.56 Å². The van der Waals surface area contributed by atoms with Crippen LogP contribution in [-0.2, 0) is 18.1 Å². The minimum atomic E-state index is -1.03. The van der Waals surface area contributed by atoms with Crippen molar-refractivity contribution >= 4 is 34.9 Å². The molecule has 1 aromatic heterocycles. The Hall–Kier alpha value is -0.623. The Labute approximate surface area is 129 Å². The Morgan fingerprint density at radius 2 is 2.05 bits per heavy atom. The standard InChI is InChI=1S/C15H22BrNO2Si/c1-20(2,3)7-6-19-11-17-5-4-14-12(10-18)8-13(16)9-15(14)17/h4-5,8-9,18H,6-7,10-11H2,1-3H3. The molecule has 0 aliphatic rings. The second-order valence-corrected chi connectivity index (χ2v) is 12.8. The number of nitrogens with zero attached hydrogens (tertiary/aromatic N) is 1. The second kappa shape index (κ2) is 6.43. The summed E-state index contributed by atoms with van der Waals surface area (Å²) in [6, 6.07) is 7.24. The zero-order valence-corrected chi connectivity index (χ0v) is 14.9. The lowest BCUT2D eigenvalue weighted by molar-refractivity contribution is 0.0902. The van der Waals surface area contributed by atoms with Gasteiger partial charge < -0.3 is 14.4 Å². The van der Waals surface area contributed by atoms with Gasteiger partial charge in [0.15, 0.2) is 0 Å². The molecule has 0 bridgehead atoms. The number of aliphatic hydroxyl groups excluding tert-OH is 1. The van der Waals surface area contributed by atoms with Crippen LogP contribution in [0, 0.1) is 0 Å². The van der Waals surface area contributed by atoms with Gasteiger partial charge in [-0.2, -0.15) is 0 Å². The van der Waals surface area contributed by atoms with Gasteiger partial charge in [0.2, 0.25) is 0 Å². The number of benzene rings is 1. The fraction of sp³-hybridized carbons (Fsp3) is 0.467. The lowest BCUT2D eigenvalue weighted by Crippen LogP contribution is -2.21. The maximum Gasteiger partial charge on any atom is 0.122 e. The molecule has 5 heteroatoms. The predicted octanol–water partition coefficient (Wildman–Crippen LogP) is 4.21. The number of halogens is 1. The third kappa shape index (κ3) is 3.94. The summed E-state index contributed by atoms with van der Waals surface area (Å²) in [6.45, 7) is 8.49. The summed E-state index contributed by atoms with van der Waals surface area (Å²) >= 11 is 3.49. The first-order valence-corrected chi connectivity index (χ1v) is 11.4. The average Bonchev–Trinajstić information content (AvgIpc) is 2.75. The minimum Gasteiger partial charge on any atom is -0.392 e. The van der Waals surface area contributed by atoms with Crippen LogP contribution < -0.4 is 0 Å². The van der Waals surface area contributed by atoms with Gasteiger partial charge in [-0.3, -0.25) is 0 Å². The van der Waals surface area contributed by atoms with E-state index in [2.05, 4.69) is 46.2 Å². The molecule has 1 N–H and O–H groups in total. The van der Waals surface area contributed by atoms with Gasteiger partial charge >= 0.3 is 0 Å². The van der Waals surface area contributed by atoms with E-state index in [0.717, 1.165) is 27.5 Å². The average molecular weight is 356 g/mol. The van der Waals surface area contributed by atoms with Crippen molar-refractivity contribution in [3.8, 4) is 0 Å². The molecule has 2 rings (SSSR count). The summed E-state index contributed by atoms with van der Waals surface area (Å²) in [5, 5.41) is 10.5. The molecule has 0 spiro atoms. The topological polar surface area (TPSA) is 34.4 Å². The molecule has 0 atom stereocenters. The van der Waals surface area contributed by atoms with Crippen LogP contribution in [0.25, 0.3) is 10.9 Å². The van der Waals surface area contributed by atoms with Crippen LogP contribution >= 0.6 is 15.9 Å². The smallest absolute Gasteiger partial charge is 0.122 e. The van der Waals surface area contributed by atoms with E-state index in [1.165, 1.54) is 6.04 Å². The van der Waals surface area contributed by atoms with Crippen LogP contribution in [-0.4, -0.2) is 24.4 Å². The number of hydrogen-bond donors (Lipinski definition) is 1. The van der Waals surface area contributed by atoms with Crippen LogP contribution in [0.4, 0.5) is 0 Å². The molecule has 20 heavy (non-hydrogen) atoms. The lowest BCUT2D eigenvalue weighted by Gasteiger charge is -2.16. The molecule has 0 aliphatic carbocycles. The van der Waals surface area contributed by atoms with Gasteiger partial charge in [-0.25, -0.2) is 0 Å². The Morgan fingerprint density at radius 1 is 1.30 bits per heavy atom. The van der Waals surface area contributed by atoms with E-state index < -0.39 is 8.07 Å². The van der Waals surface area contributed by atoms with Gasteiger partial charge in [-0.05, 0) is 29.8 Å². The van der Waals surface area contributed by atoms with E-state index in [1.54, 1.807) is 0 Å². The van der Waals surface area contributed by atoms with E-state index in [-0.39, 0.29) is 6.61 Å². The molecule has 110 valence electrons. The summed E-state index contributed by atoms with van der Waals surface area (Å²) < 4.78 is 8.86. The van der Waals surface area contributed by atoms with E-state index in [1.807, 2.05) is 18.3 Å². The fourth-order valence-corrected chi connectivity index (χ4v) is 3.37. The van der Waals surface area contributed by atoms with Gasteiger partial charge in [-0.1, -0.05) is 35.6 Å². The molecule has 0 unspecified atom stereocenters. The highest BCUT2D eigenvalue weighted by Crippen LogP contribution is 2.25. The number of ether oxygens (including phenoxy) is 1. The predicted molar refractivity (Wildman–Crippen MR) is 89.7 cm³/mol. The van der Waals surface area contributed by atoms with Crippen molar-refractivity contribution in [3.05, 3.63) is 34.4 Å². The molecule has 0 fully saturated rings. The van der Waals surface area contributed by atoms with E-state index in [0.29, 0.717) is 6.73 Å². The molecular weight excluding hydrogens is 334 g/mol. The molecule has 2 aromatic rings. The largest absolute Gasteiger partial charge is 0.392 e. The van der Waals surface area contributed by atoms with E-state index >= 15 is 0 Å². The Morgan fingerprint density at radius 3 is 2.70 bits per heavy atom. The van der Waals surface area contributed by atoms with Crippen molar-refractivity contribution in [2.24, 2.45) is 0 Å². The van der Waals surface area contributed by atoms with Crippen molar-refractivity contribution in [1.29, 1.82) is 0 Å². The van der Waals surface area contributed by atoms with Crippen LogP contribution in [0.5, 0.6) is 0 Å². The highest BCUT2D eigenvalue weighted by Gasteiger charge is 2.12. The summed E-state index contributed by atoms with van der Waals surface area (Å²) in [6.07, 6.45) is 2.02. The molecule has 0 amide bonds. The summed E-state index contributed by atoms with van der Waals surface area (Å²) in [7, 11) is -1.03. The van der Waals surface area contributed by atoms with Crippen molar-refractivity contribution in [2.45, 2.75) is 39.0 Å². The third-order valence-electron chi connectivity index (χ3n) is 3.34. The van der Waals surface area contributed by atoms with E-state index in [4.69, 9.17) is 4.74 Å². The first-order chi connectivity index (χ1) is 9.40. The highest BCUT2D eigenvalue weighted by atomic mass is 79.9. The second-order valence-electron chi connectivity index (χ2n) is 6.29. The normalized spacial score (nSPS) is 12.2. The molecule has 1 heterocycles. The zero-order valence-electron chi connectivity index (χ0n) is 12.3. The van der Waals surface area contributed by atoms with Crippen molar-refractivity contribution in [3.63, 3.8) is 0 Å². The lowest BCUT2D eigenvalue weighted by atomic mass is 10.1. The fourth-order valence-electron chi connectivity index (χ4n) is 2.12. The minimum absolute atomic E-state index is 0.0520. The van der Waals surface area contributed by atoms with Crippen LogP contribution in [0.2, 0.25) is 25.7 Å². The van der Waals surface area contributed by atoms with Gasteiger partial charge in [-0.15, -0.1) is 0 Å². The Balaban J connectivity index is 2.09. The summed E-state index contributed by atoms with van der Waals surface area (Å²) in [5.41, 5.74) is 2.03. The molecular formula is C15H22BrNO2Si. The van der Waals surface area contributed by atoms with Crippen molar-refractivity contribution in [1.82, 2.24) is 4.57 Å². The van der Waals surface area contributed by atoms with Crippen molar-refractivity contribution in [2.75, 3.05) is 6.61 Å². The molecule has 0 radical (unpaired) electrons. The quantitative estimate of drug-likeness (QED) is 0.622. The number of hydrogen-bond acceptors (Lipinski definition) is 2. The molecule has 0 aliphatic heterocycles. The molecule has 0 saturated carbocycles. The Bertz CT molecular complexity index is 589. The van der Waals surface area contributed by atoms with Gasteiger partial charge in [0.25, 0.3) is 0 Å². The monoisotopic (exact) mass is 355 g/mol. The van der Waals surface area contributed by atoms with Gasteiger partial charge in [0, 0.05) is 30.7 Å². The molecule has 1 aromatic carbocycles. The maximum atomic E-state index is 9.42. The third-order valence-corrected chi connectivity index (χ3v) is 5.50. The molecule has 3 nitrogen and oxygen atoms in total. The van der Waals surface area contributed by atoms with E-state index in [9.17, 15) is 5.11 Å². The van der Waals surface area contributed by atoms with Gasteiger partial charge in [0.1, 0.15) is 6.73 Å². The first-order valence-electron chi connectivity index (χ1n) is 6.86. The maximum absolute atomic E-state index is 9.42. The molecule has 0 saturated heterocycles. The first kappa shape index (κ1) is 15.8.